The molecule has 3 nitrogen and oxygen atoms in total. The number of nitrogens with one attached hydrogen (secondary N) is 2. The van der Waals surface area contributed by atoms with Crippen LogP contribution in [-0.4, -0.2) is 16.1 Å². The van der Waals surface area contributed by atoms with Gasteiger partial charge in [0.2, 0.25) is 0 Å². The van der Waals surface area contributed by atoms with Gasteiger partial charge in [-0.05, 0) is 32.0 Å². The summed E-state index contributed by atoms with van der Waals surface area (Å²) in [4.78, 5) is 5.46. The number of thiazole rings is 1. The van der Waals surface area contributed by atoms with E-state index in [9.17, 15) is 0 Å². The second-order valence-corrected chi connectivity index (χ2v) is 6.24. The lowest BCUT2D eigenvalue weighted by molar-refractivity contribution is 0.412. The molecule has 0 bridgehead atoms. The Morgan fingerprint density at radius 1 is 1.47 bits per heavy atom. The lowest BCUT2D eigenvalue weighted by Gasteiger charge is -2.24. The van der Waals surface area contributed by atoms with E-state index in [-0.39, 0.29) is 0 Å². The van der Waals surface area contributed by atoms with Crippen LogP contribution in [0, 0.1) is 6.92 Å². The minimum atomic E-state index is 0.576. The molecule has 1 aromatic heterocycles. The van der Waals surface area contributed by atoms with Gasteiger partial charge in [0.25, 0.3) is 0 Å². The van der Waals surface area contributed by atoms with Crippen LogP contribution in [0.1, 0.15) is 42.0 Å². The van der Waals surface area contributed by atoms with Crippen LogP contribution >= 0.6 is 23.6 Å². The molecule has 0 spiro atoms. The Balaban J connectivity index is 1.70. The van der Waals surface area contributed by atoms with Crippen LogP contribution in [0.3, 0.4) is 0 Å². The van der Waals surface area contributed by atoms with Gasteiger partial charge in [0.15, 0.2) is 5.11 Å². The molecule has 2 rings (SSSR count). The third kappa shape index (κ3) is 4.24. The molecule has 0 aliphatic heterocycles. The molecule has 0 radical (unpaired) electrons. The molecule has 1 saturated carbocycles. The standard InChI is InChI=1S/C12H19N3S2/c1-9-13-7-11(17-9)8-14-12(16)15-10-5-3-2-4-6-10/h7,10H,2-6,8H2,1H3,(H2,14,15,16). The van der Waals surface area contributed by atoms with E-state index in [1.165, 1.54) is 37.0 Å². The molecule has 2 N–H and O–H groups in total. The molecule has 1 aromatic rings. The molecular weight excluding hydrogens is 250 g/mol. The van der Waals surface area contributed by atoms with Crippen molar-refractivity contribution in [1.82, 2.24) is 15.6 Å². The molecule has 0 saturated heterocycles. The van der Waals surface area contributed by atoms with E-state index in [2.05, 4.69) is 15.6 Å². The van der Waals surface area contributed by atoms with Crippen molar-refractivity contribution in [3.8, 4) is 0 Å². The van der Waals surface area contributed by atoms with Gasteiger partial charge in [0.05, 0.1) is 11.6 Å². The fraction of sp³-hybridized carbons (Fsp3) is 0.667. The second kappa shape index (κ2) is 6.31. The molecule has 1 aliphatic carbocycles. The summed E-state index contributed by atoms with van der Waals surface area (Å²) in [5.41, 5.74) is 0. The fourth-order valence-electron chi connectivity index (χ4n) is 2.14. The Morgan fingerprint density at radius 2 is 2.24 bits per heavy atom. The van der Waals surface area contributed by atoms with Gasteiger partial charge in [-0.2, -0.15) is 0 Å². The number of rotatable bonds is 3. The smallest absolute Gasteiger partial charge is 0.166 e. The summed E-state index contributed by atoms with van der Waals surface area (Å²) < 4.78 is 0. The summed E-state index contributed by atoms with van der Waals surface area (Å²) in [6.07, 6.45) is 8.44. The monoisotopic (exact) mass is 269 g/mol. The molecule has 17 heavy (non-hydrogen) atoms. The van der Waals surface area contributed by atoms with Gasteiger partial charge < -0.3 is 10.6 Å². The Labute approximate surface area is 112 Å². The van der Waals surface area contributed by atoms with E-state index in [1.807, 2.05) is 13.1 Å². The molecule has 5 heteroatoms. The Kier molecular flexibility index (Phi) is 4.74. The van der Waals surface area contributed by atoms with Gasteiger partial charge in [-0.25, -0.2) is 4.98 Å². The number of nitrogens with zero attached hydrogens (tertiary/aromatic N) is 1. The minimum absolute atomic E-state index is 0.576. The van der Waals surface area contributed by atoms with E-state index in [1.54, 1.807) is 11.3 Å². The average Bonchev–Trinajstić information content (AvgIpc) is 2.74. The Bertz CT molecular complexity index is 370. The minimum Gasteiger partial charge on any atom is -0.360 e. The highest BCUT2D eigenvalue weighted by Crippen LogP contribution is 2.17. The van der Waals surface area contributed by atoms with Crippen molar-refractivity contribution >= 4 is 28.7 Å². The molecule has 0 aromatic carbocycles. The largest absolute Gasteiger partial charge is 0.360 e. The van der Waals surface area contributed by atoms with E-state index in [0.717, 1.165) is 16.7 Å². The lowest BCUT2D eigenvalue weighted by Crippen LogP contribution is -2.42. The third-order valence-corrected chi connectivity index (χ3v) is 4.21. The number of aryl methyl sites for hydroxylation is 1. The van der Waals surface area contributed by atoms with Crippen molar-refractivity contribution in [3.63, 3.8) is 0 Å². The summed E-state index contributed by atoms with van der Waals surface area (Å²) in [5.74, 6) is 0. The number of thiocarbonyl (C=S) groups is 1. The lowest BCUT2D eigenvalue weighted by atomic mass is 9.96. The van der Waals surface area contributed by atoms with Crippen molar-refractivity contribution in [3.05, 3.63) is 16.1 Å². The van der Waals surface area contributed by atoms with E-state index >= 15 is 0 Å². The van der Waals surface area contributed by atoms with Crippen molar-refractivity contribution in [2.24, 2.45) is 0 Å². The van der Waals surface area contributed by atoms with Crippen LogP contribution in [-0.2, 0) is 6.54 Å². The number of aromatic nitrogens is 1. The second-order valence-electron chi connectivity index (χ2n) is 4.51. The van der Waals surface area contributed by atoms with Crippen molar-refractivity contribution < 1.29 is 0 Å². The molecule has 0 atom stereocenters. The van der Waals surface area contributed by atoms with Crippen LogP contribution in [0.15, 0.2) is 6.20 Å². The van der Waals surface area contributed by atoms with E-state index < -0.39 is 0 Å². The summed E-state index contributed by atoms with van der Waals surface area (Å²) in [5, 5.41) is 8.54. The van der Waals surface area contributed by atoms with Crippen molar-refractivity contribution in [1.29, 1.82) is 0 Å². The van der Waals surface area contributed by atoms with Gasteiger partial charge in [0, 0.05) is 17.1 Å². The van der Waals surface area contributed by atoms with Crippen LogP contribution in [0.5, 0.6) is 0 Å². The van der Waals surface area contributed by atoms with Crippen LogP contribution < -0.4 is 10.6 Å². The number of hydrogen-bond acceptors (Lipinski definition) is 3. The first kappa shape index (κ1) is 12.8. The molecule has 0 amide bonds. The van der Waals surface area contributed by atoms with Gasteiger partial charge in [-0.15, -0.1) is 11.3 Å². The highest BCUT2D eigenvalue weighted by atomic mass is 32.1. The molecule has 1 fully saturated rings. The summed E-state index contributed by atoms with van der Waals surface area (Å²) in [6.45, 7) is 2.80. The Hall–Kier alpha value is -0.680. The quantitative estimate of drug-likeness (QED) is 0.827. The van der Waals surface area contributed by atoms with Gasteiger partial charge >= 0.3 is 0 Å². The van der Waals surface area contributed by atoms with E-state index in [4.69, 9.17) is 12.2 Å². The average molecular weight is 269 g/mol. The zero-order valence-electron chi connectivity index (χ0n) is 10.2. The van der Waals surface area contributed by atoms with Gasteiger partial charge in [-0.3, -0.25) is 0 Å². The maximum atomic E-state index is 5.30. The summed E-state index contributed by atoms with van der Waals surface area (Å²) in [6, 6.07) is 0.576. The first-order valence-electron chi connectivity index (χ1n) is 6.20. The topological polar surface area (TPSA) is 37.0 Å². The molecule has 94 valence electrons. The third-order valence-electron chi connectivity index (χ3n) is 3.03. The molecular formula is C12H19N3S2. The van der Waals surface area contributed by atoms with E-state index in [0.29, 0.717) is 6.04 Å². The first-order chi connectivity index (χ1) is 8.24. The maximum Gasteiger partial charge on any atom is 0.166 e. The molecule has 1 aliphatic rings. The van der Waals surface area contributed by atoms with Crippen LogP contribution in [0.2, 0.25) is 0 Å². The zero-order valence-corrected chi connectivity index (χ0v) is 11.8. The predicted molar refractivity (Wildman–Crippen MR) is 76.3 cm³/mol. The van der Waals surface area contributed by atoms with Gasteiger partial charge in [-0.1, -0.05) is 19.3 Å². The predicted octanol–water partition coefficient (Wildman–Crippen LogP) is 2.75. The summed E-state index contributed by atoms with van der Waals surface area (Å²) in [7, 11) is 0. The fourth-order valence-corrected chi connectivity index (χ4v) is 3.11. The highest BCUT2D eigenvalue weighted by Gasteiger charge is 2.13. The number of hydrogen-bond donors (Lipinski definition) is 2. The van der Waals surface area contributed by atoms with Crippen LogP contribution in [0.25, 0.3) is 0 Å². The summed E-state index contributed by atoms with van der Waals surface area (Å²) >= 11 is 7.02. The van der Waals surface area contributed by atoms with Crippen LogP contribution in [0.4, 0.5) is 0 Å². The van der Waals surface area contributed by atoms with Gasteiger partial charge in [0.1, 0.15) is 0 Å². The zero-order chi connectivity index (χ0) is 12.1. The molecule has 0 unspecified atom stereocenters. The van der Waals surface area contributed by atoms with Crippen molar-refractivity contribution in [2.45, 2.75) is 51.6 Å². The first-order valence-corrected chi connectivity index (χ1v) is 7.42. The SMILES string of the molecule is Cc1ncc(CNC(=S)NC2CCCCC2)s1. The van der Waals surface area contributed by atoms with Crippen molar-refractivity contribution in [2.75, 3.05) is 0 Å². The Morgan fingerprint density at radius 3 is 2.88 bits per heavy atom. The highest BCUT2D eigenvalue weighted by molar-refractivity contribution is 7.80. The molecule has 1 heterocycles. The normalized spacial score (nSPS) is 16.8. The maximum absolute atomic E-state index is 5.30.